The van der Waals surface area contributed by atoms with E-state index in [1.54, 1.807) is 16.8 Å². The van der Waals surface area contributed by atoms with E-state index in [-0.39, 0.29) is 29.8 Å². The van der Waals surface area contributed by atoms with Gasteiger partial charge >= 0.3 is 0 Å². The summed E-state index contributed by atoms with van der Waals surface area (Å²) in [5.74, 6) is 0.323. The van der Waals surface area contributed by atoms with Gasteiger partial charge in [-0.15, -0.1) is 0 Å². The molecule has 1 saturated carbocycles. The Hall–Kier alpha value is -2.21. The minimum absolute atomic E-state index is 0.0290. The van der Waals surface area contributed by atoms with Crippen molar-refractivity contribution in [2.75, 3.05) is 0 Å². The zero-order valence-electron chi connectivity index (χ0n) is 17.2. The van der Waals surface area contributed by atoms with Crippen molar-refractivity contribution in [3.05, 3.63) is 47.5 Å². The van der Waals surface area contributed by atoms with Gasteiger partial charge in [0.2, 0.25) is 5.91 Å². The molecular formula is C22H31FN4O. The molecule has 1 aromatic heterocycles. The Labute approximate surface area is 166 Å². The molecule has 1 heterocycles. The quantitative estimate of drug-likeness (QED) is 0.787. The lowest BCUT2D eigenvalue weighted by molar-refractivity contribution is -0.124. The first-order valence-electron chi connectivity index (χ1n) is 10.2. The van der Waals surface area contributed by atoms with Crippen LogP contribution in [0.25, 0.3) is 5.69 Å². The highest BCUT2D eigenvalue weighted by atomic mass is 19.1. The van der Waals surface area contributed by atoms with Crippen molar-refractivity contribution in [2.24, 2.45) is 5.92 Å². The Morgan fingerprint density at radius 2 is 1.89 bits per heavy atom. The van der Waals surface area contributed by atoms with E-state index in [0.29, 0.717) is 5.92 Å². The van der Waals surface area contributed by atoms with E-state index in [9.17, 15) is 9.18 Å². The average Bonchev–Trinajstić information content (AvgIpc) is 3.05. The molecular weight excluding hydrogens is 355 g/mol. The Morgan fingerprint density at radius 1 is 1.21 bits per heavy atom. The molecule has 0 aliphatic heterocycles. The summed E-state index contributed by atoms with van der Waals surface area (Å²) in [5.41, 5.74) is 2.81. The van der Waals surface area contributed by atoms with Crippen LogP contribution in [0.1, 0.15) is 63.8 Å². The highest BCUT2D eigenvalue weighted by Crippen LogP contribution is 2.24. The predicted molar refractivity (Wildman–Crippen MR) is 109 cm³/mol. The molecule has 3 rings (SSSR count). The summed E-state index contributed by atoms with van der Waals surface area (Å²) in [6, 6.07) is 6.23. The SMILES string of the molecule is Cc1c(C(C)NC(C)C(=O)NC2CCCCC2C)cnn1-c1ccc(F)cc1. The number of aromatic nitrogens is 2. The Kier molecular flexibility index (Phi) is 6.50. The standard InChI is InChI=1S/C22H31FN4O/c1-14-7-5-6-8-21(14)26-22(28)16(3)25-15(2)20-13-24-27(17(20)4)19-11-9-18(23)10-12-19/h9-16,21,25H,5-8H2,1-4H3,(H,26,28). The van der Waals surface area contributed by atoms with Gasteiger partial charge in [0, 0.05) is 23.3 Å². The molecule has 0 radical (unpaired) electrons. The van der Waals surface area contributed by atoms with E-state index in [2.05, 4.69) is 22.7 Å². The van der Waals surface area contributed by atoms with Crippen molar-refractivity contribution in [3.63, 3.8) is 0 Å². The average molecular weight is 387 g/mol. The Bertz CT molecular complexity index is 801. The summed E-state index contributed by atoms with van der Waals surface area (Å²) in [6.45, 7) is 8.14. The number of hydrogen-bond donors (Lipinski definition) is 2. The highest BCUT2D eigenvalue weighted by Gasteiger charge is 2.26. The van der Waals surface area contributed by atoms with Crippen molar-refractivity contribution < 1.29 is 9.18 Å². The molecule has 0 spiro atoms. The van der Waals surface area contributed by atoms with Crippen LogP contribution < -0.4 is 10.6 Å². The van der Waals surface area contributed by atoms with Gasteiger partial charge in [0.25, 0.3) is 0 Å². The second-order valence-electron chi connectivity index (χ2n) is 8.06. The minimum atomic E-state index is -0.294. The summed E-state index contributed by atoms with van der Waals surface area (Å²) in [7, 11) is 0. The monoisotopic (exact) mass is 386 g/mol. The van der Waals surface area contributed by atoms with Crippen molar-refractivity contribution in [3.8, 4) is 5.69 Å². The van der Waals surface area contributed by atoms with Crippen molar-refractivity contribution >= 4 is 5.91 Å². The molecule has 5 nitrogen and oxygen atoms in total. The molecule has 1 aliphatic carbocycles. The number of carbonyl (C=O) groups excluding carboxylic acids is 1. The van der Waals surface area contributed by atoms with Gasteiger partial charge in [-0.25, -0.2) is 9.07 Å². The van der Waals surface area contributed by atoms with Crippen LogP contribution in [0.4, 0.5) is 4.39 Å². The lowest BCUT2D eigenvalue weighted by Gasteiger charge is -2.31. The fourth-order valence-corrected chi connectivity index (χ4v) is 4.07. The fourth-order valence-electron chi connectivity index (χ4n) is 4.07. The number of rotatable bonds is 6. The number of benzene rings is 1. The van der Waals surface area contributed by atoms with Gasteiger partial charge < -0.3 is 5.32 Å². The maximum absolute atomic E-state index is 13.2. The van der Waals surface area contributed by atoms with Crippen LogP contribution in [0, 0.1) is 18.7 Å². The van der Waals surface area contributed by atoms with Crippen LogP contribution in [0.3, 0.4) is 0 Å². The summed E-state index contributed by atoms with van der Waals surface area (Å²) >= 11 is 0. The van der Waals surface area contributed by atoms with Crippen LogP contribution in [-0.2, 0) is 4.79 Å². The van der Waals surface area contributed by atoms with Gasteiger partial charge in [0.15, 0.2) is 0 Å². The second-order valence-corrected chi connectivity index (χ2v) is 8.06. The third kappa shape index (κ3) is 4.61. The van der Waals surface area contributed by atoms with Gasteiger partial charge in [-0.1, -0.05) is 19.8 Å². The zero-order chi connectivity index (χ0) is 20.3. The number of carbonyl (C=O) groups is 1. The van der Waals surface area contributed by atoms with Crippen molar-refractivity contribution in [1.82, 2.24) is 20.4 Å². The van der Waals surface area contributed by atoms with Crippen LogP contribution in [0.2, 0.25) is 0 Å². The topological polar surface area (TPSA) is 59.0 Å². The molecule has 2 N–H and O–H groups in total. The van der Waals surface area contributed by atoms with Gasteiger partial charge in [-0.3, -0.25) is 10.1 Å². The van der Waals surface area contributed by atoms with Crippen molar-refractivity contribution in [1.29, 1.82) is 0 Å². The highest BCUT2D eigenvalue weighted by molar-refractivity contribution is 5.81. The first kappa shape index (κ1) is 20.5. The van der Waals surface area contributed by atoms with Crippen LogP contribution in [0.15, 0.2) is 30.5 Å². The zero-order valence-corrected chi connectivity index (χ0v) is 17.2. The number of nitrogens with zero attached hydrogens (tertiary/aromatic N) is 2. The number of hydrogen-bond acceptors (Lipinski definition) is 3. The maximum atomic E-state index is 13.2. The van der Waals surface area contributed by atoms with Crippen molar-refractivity contribution in [2.45, 2.75) is 71.5 Å². The molecule has 28 heavy (non-hydrogen) atoms. The molecule has 0 bridgehead atoms. The molecule has 0 saturated heterocycles. The fraction of sp³-hybridized carbons (Fsp3) is 0.545. The minimum Gasteiger partial charge on any atom is -0.352 e. The van der Waals surface area contributed by atoms with Gasteiger partial charge in [0.1, 0.15) is 5.82 Å². The van der Waals surface area contributed by atoms with Gasteiger partial charge in [-0.05, 0) is 63.8 Å². The van der Waals surface area contributed by atoms with E-state index < -0.39 is 0 Å². The van der Waals surface area contributed by atoms with Crippen LogP contribution >= 0.6 is 0 Å². The predicted octanol–water partition coefficient (Wildman–Crippen LogP) is 4.05. The number of halogens is 1. The summed E-state index contributed by atoms with van der Waals surface area (Å²) in [6.07, 6.45) is 6.51. The summed E-state index contributed by atoms with van der Waals surface area (Å²) in [5, 5.41) is 11.1. The normalized spacial score (nSPS) is 21.9. The van der Waals surface area contributed by atoms with Crippen LogP contribution in [0.5, 0.6) is 0 Å². The molecule has 1 aromatic carbocycles. The molecule has 1 fully saturated rings. The summed E-state index contributed by atoms with van der Waals surface area (Å²) in [4.78, 5) is 12.6. The van der Waals surface area contributed by atoms with E-state index in [1.165, 1.54) is 31.4 Å². The van der Waals surface area contributed by atoms with E-state index in [4.69, 9.17) is 0 Å². The largest absolute Gasteiger partial charge is 0.352 e. The second kappa shape index (κ2) is 8.86. The molecule has 4 unspecified atom stereocenters. The maximum Gasteiger partial charge on any atom is 0.237 e. The lowest BCUT2D eigenvalue weighted by Crippen LogP contribution is -2.49. The molecule has 6 heteroatoms. The van der Waals surface area contributed by atoms with E-state index in [0.717, 1.165) is 23.4 Å². The molecule has 1 amide bonds. The van der Waals surface area contributed by atoms with Crippen LogP contribution in [-0.4, -0.2) is 27.8 Å². The molecule has 1 aliphatic rings. The summed E-state index contributed by atoms with van der Waals surface area (Å²) < 4.78 is 15.0. The first-order valence-corrected chi connectivity index (χ1v) is 10.2. The van der Waals surface area contributed by atoms with E-state index in [1.807, 2.05) is 27.0 Å². The molecule has 2 aromatic rings. The molecule has 4 atom stereocenters. The Morgan fingerprint density at radius 3 is 2.57 bits per heavy atom. The lowest BCUT2D eigenvalue weighted by atomic mass is 9.86. The smallest absolute Gasteiger partial charge is 0.237 e. The number of nitrogens with one attached hydrogen (secondary N) is 2. The first-order chi connectivity index (χ1) is 13.4. The Balaban J connectivity index is 1.63. The van der Waals surface area contributed by atoms with Gasteiger partial charge in [0.05, 0.1) is 17.9 Å². The van der Waals surface area contributed by atoms with Gasteiger partial charge in [-0.2, -0.15) is 5.10 Å². The van der Waals surface area contributed by atoms with E-state index >= 15 is 0 Å². The third-order valence-corrected chi connectivity index (χ3v) is 5.92. The number of amides is 1. The third-order valence-electron chi connectivity index (χ3n) is 5.92. The molecule has 152 valence electrons.